The van der Waals surface area contributed by atoms with Crippen LogP contribution in [0.5, 0.6) is 5.75 Å². The van der Waals surface area contributed by atoms with E-state index in [2.05, 4.69) is 18.3 Å². The third-order valence-corrected chi connectivity index (χ3v) is 4.22. The van der Waals surface area contributed by atoms with Crippen LogP contribution in [0.25, 0.3) is 0 Å². The Labute approximate surface area is 127 Å². The first-order chi connectivity index (χ1) is 10.2. The van der Waals surface area contributed by atoms with E-state index in [4.69, 9.17) is 4.74 Å². The highest BCUT2D eigenvalue weighted by Crippen LogP contribution is 2.28. The third kappa shape index (κ3) is 3.76. The van der Waals surface area contributed by atoms with E-state index in [-0.39, 0.29) is 11.9 Å². The van der Waals surface area contributed by atoms with Gasteiger partial charge in [0.25, 0.3) is 0 Å². The SMILES string of the molecule is CCOc1ccccc1C(CN1CC(CC)CC1=O)NC. The molecule has 4 nitrogen and oxygen atoms in total. The summed E-state index contributed by atoms with van der Waals surface area (Å²) in [4.78, 5) is 14.1. The van der Waals surface area contributed by atoms with Crippen molar-refractivity contribution in [1.29, 1.82) is 0 Å². The number of para-hydroxylation sites is 1. The quantitative estimate of drug-likeness (QED) is 0.839. The monoisotopic (exact) mass is 290 g/mol. The minimum atomic E-state index is 0.104. The molecule has 0 aliphatic carbocycles. The van der Waals surface area contributed by atoms with Gasteiger partial charge in [-0.3, -0.25) is 4.79 Å². The number of ether oxygens (including phenoxy) is 1. The topological polar surface area (TPSA) is 41.6 Å². The second-order valence-corrected chi connectivity index (χ2v) is 5.59. The fraction of sp³-hybridized carbons (Fsp3) is 0.588. The summed E-state index contributed by atoms with van der Waals surface area (Å²) in [5, 5.41) is 3.32. The van der Waals surface area contributed by atoms with Crippen molar-refractivity contribution in [2.75, 3.05) is 26.7 Å². The highest BCUT2D eigenvalue weighted by atomic mass is 16.5. The zero-order valence-corrected chi connectivity index (χ0v) is 13.3. The summed E-state index contributed by atoms with van der Waals surface area (Å²) in [6.07, 6.45) is 1.77. The number of rotatable bonds is 7. The van der Waals surface area contributed by atoms with Gasteiger partial charge in [-0.15, -0.1) is 0 Å². The van der Waals surface area contributed by atoms with Gasteiger partial charge in [0.05, 0.1) is 12.6 Å². The largest absolute Gasteiger partial charge is 0.494 e. The van der Waals surface area contributed by atoms with E-state index in [9.17, 15) is 4.79 Å². The predicted molar refractivity (Wildman–Crippen MR) is 84.4 cm³/mol. The van der Waals surface area contributed by atoms with E-state index >= 15 is 0 Å². The first kappa shape index (κ1) is 15.8. The van der Waals surface area contributed by atoms with Gasteiger partial charge in [0, 0.05) is 25.1 Å². The molecule has 1 amide bonds. The molecule has 1 fully saturated rings. The zero-order chi connectivity index (χ0) is 15.2. The summed E-state index contributed by atoms with van der Waals surface area (Å²) in [6, 6.07) is 8.17. The van der Waals surface area contributed by atoms with Crippen LogP contribution in [0.2, 0.25) is 0 Å². The van der Waals surface area contributed by atoms with Gasteiger partial charge in [0.15, 0.2) is 0 Å². The van der Waals surface area contributed by atoms with Crippen LogP contribution in [0, 0.1) is 5.92 Å². The summed E-state index contributed by atoms with van der Waals surface area (Å²) in [6.45, 7) is 6.37. The van der Waals surface area contributed by atoms with Crippen LogP contribution in [0.1, 0.15) is 38.3 Å². The Bertz CT molecular complexity index is 476. The maximum Gasteiger partial charge on any atom is 0.222 e. The maximum absolute atomic E-state index is 12.1. The fourth-order valence-corrected chi connectivity index (χ4v) is 2.92. The van der Waals surface area contributed by atoms with Crippen LogP contribution >= 0.6 is 0 Å². The van der Waals surface area contributed by atoms with Gasteiger partial charge in [0.1, 0.15) is 5.75 Å². The molecule has 1 aliphatic heterocycles. The minimum absolute atomic E-state index is 0.104. The van der Waals surface area contributed by atoms with Crippen LogP contribution in [0.4, 0.5) is 0 Å². The van der Waals surface area contributed by atoms with Gasteiger partial charge in [0.2, 0.25) is 5.91 Å². The average Bonchev–Trinajstić information content (AvgIpc) is 2.86. The van der Waals surface area contributed by atoms with Gasteiger partial charge in [-0.25, -0.2) is 0 Å². The molecule has 116 valence electrons. The van der Waals surface area contributed by atoms with Crippen LogP contribution in [0.15, 0.2) is 24.3 Å². The van der Waals surface area contributed by atoms with Gasteiger partial charge in [-0.2, -0.15) is 0 Å². The molecule has 4 heteroatoms. The molecule has 0 saturated carbocycles. The molecule has 1 N–H and O–H groups in total. The summed E-state index contributed by atoms with van der Waals surface area (Å²) >= 11 is 0. The van der Waals surface area contributed by atoms with Crippen molar-refractivity contribution in [3.05, 3.63) is 29.8 Å². The Hall–Kier alpha value is -1.55. The maximum atomic E-state index is 12.1. The molecule has 0 aromatic heterocycles. The molecular formula is C17H26N2O2. The molecule has 1 aromatic rings. The molecule has 0 radical (unpaired) electrons. The van der Waals surface area contributed by atoms with E-state index in [1.54, 1.807) is 0 Å². The number of hydrogen-bond donors (Lipinski definition) is 1. The van der Waals surface area contributed by atoms with Crippen molar-refractivity contribution in [1.82, 2.24) is 10.2 Å². The van der Waals surface area contributed by atoms with E-state index in [0.717, 1.165) is 24.3 Å². The van der Waals surface area contributed by atoms with Crippen molar-refractivity contribution < 1.29 is 9.53 Å². The smallest absolute Gasteiger partial charge is 0.222 e. The number of nitrogens with zero attached hydrogens (tertiary/aromatic N) is 1. The second kappa shape index (κ2) is 7.46. The lowest BCUT2D eigenvalue weighted by Gasteiger charge is -2.25. The van der Waals surface area contributed by atoms with E-state index in [1.165, 1.54) is 0 Å². The summed E-state index contributed by atoms with van der Waals surface area (Å²) in [5.74, 6) is 1.69. The van der Waals surface area contributed by atoms with Crippen LogP contribution < -0.4 is 10.1 Å². The van der Waals surface area contributed by atoms with Gasteiger partial charge < -0.3 is 15.0 Å². The molecule has 21 heavy (non-hydrogen) atoms. The lowest BCUT2D eigenvalue weighted by Crippen LogP contribution is -2.35. The summed E-state index contributed by atoms with van der Waals surface area (Å²) in [5.41, 5.74) is 1.12. The molecule has 0 spiro atoms. The molecule has 1 aliphatic rings. The van der Waals surface area contributed by atoms with E-state index in [0.29, 0.717) is 25.5 Å². The average molecular weight is 290 g/mol. The standard InChI is InChI=1S/C17H26N2O2/c1-4-13-10-17(20)19(11-13)12-15(18-3)14-8-6-7-9-16(14)21-5-2/h6-9,13,15,18H,4-5,10-12H2,1-3H3. The second-order valence-electron chi connectivity index (χ2n) is 5.59. The molecule has 2 unspecified atom stereocenters. The molecule has 2 rings (SSSR count). The number of likely N-dealkylation sites (tertiary alicyclic amines) is 1. The van der Waals surface area contributed by atoms with Crippen LogP contribution in [-0.2, 0) is 4.79 Å². The summed E-state index contributed by atoms with van der Waals surface area (Å²) < 4.78 is 5.71. The number of likely N-dealkylation sites (N-methyl/N-ethyl adjacent to an activating group) is 1. The Morgan fingerprint density at radius 2 is 2.14 bits per heavy atom. The van der Waals surface area contributed by atoms with Crippen molar-refractivity contribution in [2.45, 2.75) is 32.7 Å². The third-order valence-electron chi connectivity index (χ3n) is 4.22. The van der Waals surface area contributed by atoms with Crippen molar-refractivity contribution >= 4 is 5.91 Å². The number of benzene rings is 1. The van der Waals surface area contributed by atoms with Crippen LogP contribution in [-0.4, -0.2) is 37.6 Å². The molecule has 1 saturated heterocycles. The summed E-state index contributed by atoms with van der Waals surface area (Å²) in [7, 11) is 1.94. The number of carbonyl (C=O) groups excluding carboxylic acids is 1. The fourth-order valence-electron chi connectivity index (χ4n) is 2.92. The Kier molecular flexibility index (Phi) is 5.62. The number of nitrogens with one attached hydrogen (secondary N) is 1. The first-order valence-corrected chi connectivity index (χ1v) is 7.86. The van der Waals surface area contributed by atoms with Crippen molar-refractivity contribution in [2.24, 2.45) is 5.92 Å². The van der Waals surface area contributed by atoms with Gasteiger partial charge >= 0.3 is 0 Å². The highest BCUT2D eigenvalue weighted by Gasteiger charge is 2.30. The van der Waals surface area contributed by atoms with E-state index < -0.39 is 0 Å². The highest BCUT2D eigenvalue weighted by molar-refractivity contribution is 5.78. The lowest BCUT2D eigenvalue weighted by atomic mass is 10.0. The molecular weight excluding hydrogens is 264 g/mol. The molecule has 2 atom stereocenters. The Morgan fingerprint density at radius 1 is 1.38 bits per heavy atom. The first-order valence-electron chi connectivity index (χ1n) is 7.86. The van der Waals surface area contributed by atoms with Gasteiger partial charge in [-0.05, 0) is 26.0 Å². The van der Waals surface area contributed by atoms with Crippen LogP contribution in [0.3, 0.4) is 0 Å². The minimum Gasteiger partial charge on any atom is -0.494 e. The number of hydrogen-bond acceptors (Lipinski definition) is 3. The zero-order valence-electron chi connectivity index (χ0n) is 13.3. The van der Waals surface area contributed by atoms with Crippen molar-refractivity contribution in [3.63, 3.8) is 0 Å². The predicted octanol–water partition coefficient (Wildman–Crippen LogP) is 2.60. The van der Waals surface area contributed by atoms with Crippen molar-refractivity contribution in [3.8, 4) is 5.75 Å². The molecule has 1 aromatic carbocycles. The number of carbonyl (C=O) groups is 1. The Balaban J connectivity index is 2.11. The number of amides is 1. The van der Waals surface area contributed by atoms with E-state index in [1.807, 2.05) is 37.1 Å². The van der Waals surface area contributed by atoms with Gasteiger partial charge in [-0.1, -0.05) is 31.5 Å². The normalized spacial score (nSPS) is 19.9. The Morgan fingerprint density at radius 3 is 2.76 bits per heavy atom. The molecule has 0 bridgehead atoms. The molecule has 1 heterocycles. The lowest BCUT2D eigenvalue weighted by molar-refractivity contribution is -0.128.